The summed E-state index contributed by atoms with van der Waals surface area (Å²) < 4.78 is 46.4. The number of hydrogen-bond acceptors (Lipinski definition) is 4. The maximum Gasteiger partial charge on any atom is 0.251 e. The first-order chi connectivity index (χ1) is 16.7. The molecule has 1 aromatic heterocycles. The quantitative estimate of drug-likeness (QED) is 0.437. The van der Waals surface area contributed by atoms with Crippen molar-refractivity contribution in [3.8, 4) is 0 Å². The van der Waals surface area contributed by atoms with Gasteiger partial charge in [0, 0.05) is 40.9 Å². The summed E-state index contributed by atoms with van der Waals surface area (Å²) in [6.07, 6.45) is 0. The summed E-state index contributed by atoms with van der Waals surface area (Å²) in [4.78, 5) is 27.6. The summed E-state index contributed by atoms with van der Waals surface area (Å²) in [6.45, 7) is 3.28. The Bertz CT molecular complexity index is 1470. The molecule has 1 aliphatic heterocycles. The van der Waals surface area contributed by atoms with E-state index in [4.69, 9.17) is 4.52 Å². The van der Waals surface area contributed by atoms with Crippen molar-refractivity contribution in [2.75, 3.05) is 4.90 Å². The van der Waals surface area contributed by atoms with Gasteiger partial charge in [0.1, 0.15) is 23.1 Å². The normalized spacial score (nSPS) is 14.4. The summed E-state index contributed by atoms with van der Waals surface area (Å²) in [5.74, 6) is -3.97. The van der Waals surface area contributed by atoms with Gasteiger partial charge in [0.25, 0.3) is 5.91 Å². The van der Waals surface area contributed by atoms with Gasteiger partial charge in [-0.05, 0) is 43.7 Å². The van der Waals surface area contributed by atoms with Gasteiger partial charge in [0.2, 0.25) is 5.91 Å². The minimum absolute atomic E-state index is 0.142. The molecule has 2 heterocycles. The van der Waals surface area contributed by atoms with Gasteiger partial charge in [-0.1, -0.05) is 23.4 Å². The van der Waals surface area contributed by atoms with Crippen molar-refractivity contribution in [2.24, 2.45) is 0 Å². The maximum absolute atomic E-state index is 13.9. The number of fused-ring (bicyclic) bond motifs is 2. The van der Waals surface area contributed by atoms with Crippen molar-refractivity contribution >= 4 is 28.5 Å². The number of carbonyl (C=O) groups excluding carboxylic acids is 2. The van der Waals surface area contributed by atoms with Gasteiger partial charge in [-0.3, -0.25) is 9.59 Å². The van der Waals surface area contributed by atoms with E-state index in [1.165, 1.54) is 0 Å². The molecule has 0 atom stereocenters. The summed E-state index contributed by atoms with van der Waals surface area (Å²) >= 11 is 0. The molecule has 4 aromatic rings. The highest BCUT2D eigenvalue weighted by molar-refractivity contribution is 6.09. The molecule has 1 N–H and O–H groups in total. The van der Waals surface area contributed by atoms with E-state index in [0.29, 0.717) is 29.1 Å². The molecule has 0 radical (unpaired) electrons. The molecule has 2 amide bonds. The fourth-order valence-corrected chi connectivity index (χ4v) is 4.36. The molecule has 0 unspecified atom stereocenters. The zero-order valence-electron chi connectivity index (χ0n) is 18.9. The van der Waals surface area contributed by atoms with Crippen LogP contribution in [0, 0.1) is 17.5 Å². The fraction of sp³-hybridized carbons (Fsp3) is 0.192. The van der Waals surface area contributed by atoms with Gasteiger partial charge in [-0.15, -0.1) is 0 Å². The predicted octanol–water partition coefficient (Wildman–Crippen LogP) is 5.00. The summed E-state index contributed by atoms with van der Waals surface area (Å²) in [5.41, 5.74) is 1.38. The van der Waals surface area contributed by atoms with E-state index in [2.05, 4.69) is 10.5 Å². The zero-order chi connectivity index (χ0) is 24.9. The first kappa shape index (κ1) is 22.6. The smallest absolute Gasteiger partial charge is 0.251 e. The Morgan fingerprint density at radius 1 is 1.06 bits per heavy atom. The largest absolute Gasteiger partial charge is 0.356 e. The molecule has 35 heavy (non-hydrogen) atoms. The van der Waals surface area contributed by atoms with Crippen LogP contribution < -0.4 is 10.2 Å². The fourth-order valence-electron chi connectivity index (χ4n) is 4.36. The SMILES string of the molecule is CC1(C)C(=O)N(Cc2noc3ccccc23)c2cc(C(=O)NCc3c(F)cc(F)cc3F)ccc21. The number of aromatic nitrogens is 1. The number of hydrogen-bond donors (Lipinski definition) is 1. The third kappa shape index (κ3) is 3.82. The van der Waals surface area contributed by atoms with Gasteiger partial charge in [-0.2, -0.15) is 0 Å². The van der Waals surface area contributed by atoms with Crippen LogP contribution in [0.2, 0.25) is 0 Å². The van der Waals surface area contributed by atoms with Crippen molar-refractivity contribution in [2.45, 2.75) is 32.4 Å². The molecule has 5 rings (SSSR count). The zero-order valence-corrected chi connectivity index (χ0v) is 18.9. The van der Waals surface area contributed by atoms with Crippen LogP contribution >= 0.6 is 0 Å². The Labute approximate surface area is 198 Å². The van der Waals surface area contributed by atoms with Crippen molar-refractivity contribution < 1.29 is 27.3 Å². The Balaban J connectivity index is 1.43. The lowest BCUT2D eigenvalue weighted by Gasteiger charge is -2.19. The average molecular weight is 479 g/mol. The number of nitrogens with one attached hydrogen (secondary N) is 1. The van der Waals surface area contributed by atoms with E-state index in [1.807, 2.05) is 18.2 Å². The number of anilines is 1. The van der Waals surface area contributed by atoms with E-state index in [1.54, 1.807) is 43.0 Å². The molecule has 3 aromatic carbocycles. The molecule has 6 nitrogen and oxygen atoms in total. The van der Waals surface area contributed by atoms with Gasteiger partial charge in [0.15, 0.2) is 5.58 Å². The van der Waals surface area contributed by atoms with Gasteiger partial charge in [0.05, 0.1) is 12.0 Å². The predicted molar refractivity (Wildman–Crippen MR) is 122 cm³/mol. The Morgan fingerprint density at radius 3 is 2.51 bits per heavy atom. The molecule has 0 bridgehead atoms. The molecule has 178 valence electrons. The maximum atomic E-state index is 13.9. The Morgan fingerprint density at radius 2 is 1.77 bits per heavy atom. The van der Waals surface area contributed by atoms with Crippen LogP contribution in [-0.2, 0) is 23.3 Å². The molecule has 1 aliphatic rings. The summed E-state index contributed by atoms with van der Waals surface area (Å²) in [6, 6.07) is 13.2. The molecule has 0 fully saturated rings. The lowest BCUT2D eigenvalue weighted by Crippen LogP contribution is -2.35. The molecule has 0 spiro atoms. The number of amides is 2. The molecule has 0 aliphatic carbocycles. The minimum Gasteiger partial charge on any atom is -0.356 e. The van der Waals surface area contributed by atoms with Crippen LogP contribution in [0.25, 0.3) is 11.0 Å². The Hall–Kier alpha value is -4.14. The Kier molecular flexibility index (Phi) is 5.35. The molecule has 9 heteroatoms. The number of nitrogens with zero attached hydrogens (tertiary/aromatic N) is 2. The standard InChI is InChI=1S/C26H20F3N3O3/c1-26(2)18-8-7-14(24(33)30-12-17-19(28)10-15(27)11-20(17)29)9-22(18)32(25(26)34)13-21-16-5-3-4-6-23(16)35-31-21/h3-11H,12-13H2,1-2H3,(H,30,33). The summed E-state index contributed by atoms with van der Waals surface area (Å²) in [5, 5.41) is 7.34. The highest BCUT2D eigenvalue weighted by Gasteiger charge is 2.44. The number of halogens is 3. The lowest BCUT2D eigenvalue weighted by atomic mass is 9.86. The monoisotopic (exact) mass is 479 g/mol. The number of rotatable bonds is 5. The lowest BCUT2D eigenvalue weighted by molar-refractivity contribution is -0.122. The number of benzene rings is 3. The van der Waals surface area contributed by atoms with Gasteiger partial charge in [-0.25, -0.2) is 13.2 Å². The van der Waals surface area contributed by atoms with Crippen molar-refractivity contribution in [3.05, 3.63) is 94.4 Å². The third-order valence-electron chi connectivity index (χ3n) is 6.30. The van der Waals surface area contributed by atoms with Crippen LogP contribution in [-0.4, -0.2) is 17.0 Å². The topological polar surface area (TPSA) is 75.4 Å². The van der Waals surface area contributed by atoms with E-state index < -0.39 is 40.9 Å². The summed E-state index contributed by atoms with van der Waals surface area (Å²) in [7, 11) is 0. The second-order valence-corrected chi connectivity index (χ2v) is 8.90. The third-order valence-corrected chi connectivity index (χ3v) is 6.30. The van der Waals surface area contributed by atoms with Crippen LogP contribution in [0.1, 0.15) is 41.0 Å². The van der Waals surface area contributed by atoms with Crippen molar-refractivity contribution in [3.63, 3.8) is 0 Å². The van der Waals surface area contributed by atoms with E-state index in [0.717, 1.165) is 10.9 Å². The van der Waals surface area contributed by atoms with E-state index in [9.17, 15) is 22.8 Å². The second kappa shape index (κ2) is 8.26. The van der Waals surface area contributed by atoms with Crippen LogP contribution in [0.4, 0.5) is 18.9 Å². The van der Waals surface area contributed by atoms with Crippen molar-refractivity contribution in [1.82, 2.24) is 10.5 Å². The average Bonchev–Trinajstić information content (AvgIpc) is 3.31. The highest BCUT2D eigenvalue weighted by Crippen LogP contribution is 2.43. The minimum atomic E-state index is -1.09. The molecule has 0 saturated carbocycles. The van der Waals surface area contributed by atoms with E-state index in [-0.39, 0.29) is 18.0 Å². The van der Waals surface area contributed by atoms with Gasteiger partial charge >= 0.3 is 0 Å². The second-order valence-electron chi connectivity index (χ2n) is 8.90. The first-order valence-corrected chi connectivity index (χ1v) is 10.9. The molecular formula is C26H20F3N3O3. The van der Waals surface area contributed by atoms with E-state index >= 15 is 0 Å². The van der Waals surface area contributed by atoms with Crippen LogP contribution in [0.15, 0.2) is 59.1 Å². The van der Waals surface area contributed by atoms with Crippen LogP contribution in [0.3, 0.4) is 0 Å². The molecule has 0 saturated heterocycles. The van der Waals surface area contributed by atoms with Gasteiger partial charge < -0.3 is 14.7 Å². The van der Waals surface area contributed by atoms with Crippen LogP contribution in [0.5, 0.6) is 0 Å². The molecular weight excluding hydrogens is 459 g/mol. The van der Waals surface area contributed by atoms with Crippen molar-refractivity contribution in [1.29, 1.82) is 0 Å². The number of para-hydroxylation sites is 1. The number of carbonyl (C=O) groups is 2. The highest BCUT2D eigenvalue weighted by atomic mass is 19.1. The first-order valence-electron chi connectivity index (χ1n) is 10.9.